The van der Waals surface area contributed by atoms with E-state index in [0.717, 1.165) is 42.6 Å². The molecule has 0 fully saturated rings. The molecule has 6 nitrogen and oxygen atoms in total. The van der Waals surface area contributed by atoms with E-state index in [0.29, 0.717) is 5.56 Å². The first kappa shape index (κ1) is 24.5. The summed E-state index contributed by atoms with van der Waals surface area (Å²) in [4.78, 5) is 25.5. The lowest BCUT2D eigenvalue weighted by Crippen LogP contribution is -2.30. The van der Waals surface area contributed by atoms with Crippen LogP contribution in [0.25, 0.3) is 16.9 Å². The number of hydrogen-bond donors (Lipinski definition) is 1. The topological polar surface area (TPSA) is 73.2 Å². The summed E-state index contributed by atoms with van der Waals surface area (Å²) in [5.41, 5.74) is 7.05. The number of aromatic nitrogens is 2. The number of carbonyl (C=O) groups is 2. The predicted octanol–water partition coefficient (Wildman–Crippen LogP) is 6.09. The van der Waals surface area contributed by atoms with Crippen LogP contribution in [0.15, 0.2) is 78.9 Å². The van der Waals surface area contributed by atoms with Crippen molar-refractivity contribution in [1.29, 1.82) is 0 Å². The van der Waals surface area contributed by atoms with Gasteiger partial charge in [0.05, 0.1) is 24.0 Å². The van der Waals surface area contributed by atoms with Crippen molar-refractivity contribution in [1.82, 2.24) is 15.1 Å². The summed E-state index contributed by atoms with van der Waals surface area (Å²) in [5, 5.41) is 7.76. The van der Waals surface area contributed by atoms with Gasteiger partial charge in [-0.25, -0.2) is 9.48 Å². The van der Waals surface area contributed by atoms with Crippen molar-refractivity contribution >= 4 is 11.9 Å². The van der Waals surface area contributed by atoms with Crippen LogP contribution in [0.3, 0.4) is 0 Å². The van der Waals surface area contributed by atoms with Crippen LogP contribution in [0.1, 0.15) is 70.3 Å². The largest absolute Gasteiger partial charge is 0.461 e. The van der Waals surface area contributed by atoms with E-state index in [2.05, 4.69) is 47.7 Å². The lowest BCUT2D eigenvalue weighted by Gasteiger charge is -2.26. The monoisotopic (exact) mass is 493 g/mol. The molecule has 5 rings (SSSR count). The molecule has 0 spiro atoms. The van der Waals surface area contributed by atoms with E-state index in [4.69, 9.17) is 4.74 Å². The van der Waals surface area contributed by atoms with Crippen LogP contribution < -0.4 is 5.32 Å². The Morgan fingerprint density at radius 1 is 1.00 bits per heavy atom. The zero-order chi connectivity index (χ0) is 25.8. The predicted molar refractivity (Wildman–Crippen MR) is 144 cm³/mol. The Hall–Kier alpha value is -4.19. The molecular weight excluding hydrogens is 462 g/mol. The molecule has 1 amide bonds. The van der Waals surface area contributed by atoms with Gasteiger partial charge >= 0.3 is 5.97 Å². The van der Waals surface area contributed by atoms with Crippen LogP contribution in [-0.2, 0) is 17.6 Å². The first-order valence-electron chi connectivity index (χ1n) is 12.9. The van der Waals surface area contributed by atoms with Crippen molar-refractivity contribution < 1.29 is 14.3 Å². The van der Waals surface area contributed by atoms with Gasteiger partial charge in [0.2, 0.25) is 0 Å². The molecule has 0 saturated carbocycles. The molecule has 1 aliphatic carbocycles. The standard InChI is InChI=1S/C31H31N3O3/c1-3-21-12-14-23(15-13-21)29-20-28(31(36)37-4-2)33-34(29)25-18-16-24(17-19-25)30(35)32-27-11-7-9-22-8-5-6-10-26(22)27/h5-6,8,10,12-20,27H,3-4,7,9,11H2,1-2H3,(H,32,35). The van der Waals surface area contributed by atoms with Gasteiger partial charge in [0.1, 0.15) is 0 Å². The highest BCUT2D eigenvalue weighted by atomic mass is 16.5. The minimum absolute atomic E-state index is 0.0214. The van der Waals surface area contributed by atoms with E-state index in [1.807, 2.05) is 30.3 Å². The van der Waals surface area contributed by atoms with Crippen LogP contribution in [-0.4, -0.2) is 28.3 Å². The van der Waals surface area contributed by atoms with Gasteiger partial charge < -0.3 is 10.1 Å². The number of benzene rings is 3. The smallest absolute Gasteiger partial charge is 0.358 e. The Balaban J connectivity index is 1.41. The Morgan fingerprint density at radius 3 is 2.49 bits per heavy atom. The molecule has 0 radical (unpaired) electrons. The Labute approximate surface area is 217 Å². The van der Waals surface area contributed by atoms with Crippen LogP contribution >= 0.6 is 0 Å². The molecule has 37 heavy (non-hydrogen) atoms. The summed E-state index contributed by atoms with van der Waals surface area (Å²) in [5.74, 6) is -0.562. The summed E-state index contributed by atoms with van der Waals surface area (Å²) >= 11 is 0. The van der Waals surface area contributed by atoms with E-state index in [1.54, 1.807) is 29.8 Å². The maximum Gasteiger partial charge on any atom is 0.358 e. The molecule has 6 heteroatoms. The molecule has 188 valence electrons. The lowest BCUT2D eigenvalue weighted by atomic mass is 9.87. The van der Waals surface area contributed by atoms with Gasteiger partial charge in [0, 0.05) is 11.1 Å². The average molecular weight is 494 g/mol. The molecule has 1 aliphatic rings. The van der Waals surface area contributed by atoms with Crippen molar-refractivity contribution in [3.05, 3.63) is 107 Å². The third-order valence-corrected chi connectivity index (χ3v) is 6.90. The van der Waals surface area contributed by atoms with Gasteiger partial charge in [0.15, 0.2) is 5.69 Å². The summed E-state index contributed by atoms with van der Waals surface area (Å²) in [7, 11) is 0. The number of carbonyl (C=O) groups excluding carboxylic acids is 2. The molecule has 1 aromatic heterocycles. The van der Waals surface area contributed by atoms with Crippen molar-refractivity contribution in [3.8, 4) is 16.9 Å². The molecule has 1 N–H and O–H groups in total. The molecule has 3 aromatic carbocycles. The van der Waals surface area contributed by atoms with Gasteiger partial charge in [-0.15, -0.1) is 0 Å². The van der Waals surface area contributed by atoms with E-state index in [1.165, 1.54) is 16.7 Å². The Bertz CT molecular complexity index is 1400. The fraction of sp³-hybridized carbons (Fsp3) is 0.258. The number of esters is 1. The second kappa shape index (κ2) is 10.8. The SMILES string of the molecule is CCOC(=O)c1cc(-c2ccc(CC)cc2)n(-c2ccc(C(=O)NC3CCCc4ccccc43)cc2)n1. The Morgan fingerprint density at radius 2 is 1.76 bits per heavy atom. The van der Waals surface area contributed by atoms with E-state index >= 15 is 0 Å². The number of nitrogens with zero attached hydrogens (tertiary/aromatic N) is 2. The van der Waals surface area contributed by atoms with Crippen molar-refractivity contribution in [3.63, 3.8) is 0 Å². The lowest BCUT2D eigenvalue weighted by molar-refractivity contribution is 0.0518. The van der Waals surface area contributed by atoms with Crippen molar-refractivity contribution in [2.75, 3.05) is 6.61 Å². The number of rotatable bonds is 7. The second-order valence-electron chi connectivity index (χ2n) is 9.26. The van der Waals surface area contributed by atoms with Crippen molar-refractivity contribution in [2.24, 2.45) is 0 Å². The fourth-order valence-corrected chi connectivity index (χ4v) is 4.90. The molecule has 0 bridgehead atoms. The number of ether oxygens (including phenoxy) is 1. The zero-order valence-corrected chi connectivity index (χ0v) is 21.2. The van der Waals surface area contributed by atoms with Crippen LogP contribution in [0.2, 0.25) is 0 Å². The van der Waals surface area contributed by atoms with Crippen LogP contribution in [0.4, 0.5) is 0 Å². The van der Waals surface area contributed by atoms with Crippen molar-refractivity contribution in [2.45, 2.75) is 45.6 Å². The fourth-order valence-electron chi connectivity index (χ4n) is 4.90. The third kappa shape index (κ3) is 5.19. The maximum absolute atomic E-state index is 13.1. The molecule has 4 aromatic rings. The van der Waals surface area contributed by atoms with Crippen LogP contribution in [0, 0.1) is 0 Å². The highest BCUT2D eigenvalue weighted by molar-refractivity contribution is 5.94. The maximum atomic E-state index is 13.1. The van der Waals surface area contributed by atoms with Crippen LogP contribution in [0.5, 0.6) is 0 Å². The number of amides is 1. The summed E-state index contributed by atoms with van der Waals surface area (Å²) in [6.07, 6.45) is 4.00. The first-order valence-corrected chi connectivity index (χ1v) is 12.9. The second-order valence-corrected chi connectivity index (χ2v) is 9.26. The molecular formula is C31H31N3O3. The highest BCUT2D eigenvalue weighted by Gasteiger charge is 2.22. The third-order valence-electron chi connectivity index (χ3n) is 6.90. The van der Waals surface area contributed by atoms with Gasteiger partial charge in [-0.2, -0.15) is 5.10 Å². The minimum Gasteiger partial charge on any atom is -0.461 e. The normalized spacial score (nSPS) is 14.6. The molecule has 0 saturated heterocycles. The molecule has 1 heterocycles. The highest BCUT2D eigenvalue weighted by Crippen LogP contribution is 2.30. The number of nitrogens with one attached hydrogen (secondary N) is 1. The number of hydrogen-bond acceptors (Lipinski definition) is 4. The molecule has 0 aliphatic heterocycles. The van der Waals surface area contributed by atoms with E-state index in [9.17, 15) is 9.59 Å². The summed E-state index contributed by atoms with van der Waals surface area (Å²) in [6, 6.07) is 25.6. The molecule has 1 atom stereocenters. The average Bonchev–Trinajstić information content (AvgIpc) is 3.39. The van der Waals surface area contributed by atoms with Gasteiger partial charge in [0.25, 0.3) is 5.91 Å². The molecule has 1 unspecified atom stereocenters. The quantitative estimate of drug-likeness (QED) is 0.317. The minimum atomic E-state index is -0.462. The zero-order valence-electron chi connectivity index (χ0n) is 21.2. The van der Waals surface area contributed by atoms with Gasteiger partial charge in [-0.3, -0.25) is 4.79 Å². The van der Waals surface area contributed by atoms with Gasteiger partial charge in [-0.1, -0.05) is 55.5 Å². The first-order chi connectivity index (χ1) is 18.1. The summed E-state index contributed by atoms with van der Waals surface area (Å²) in [6.45, 7) is 4.17. The number of aryl methyl sites for hydroxylation is 2. The summed E-state index contributed by atoms with van der Waals surface area (Å²) < 4.78 is 6.91. The van der Waals surface area contributed by atoms with E-state index < -0.39 is 5.97 Å². The number of fused-ring (bicyclic) bond motifs is 1. The van der Waals surface area contributed by atoms with E-state index in [-0.39, 0.29) is 24.2 Å². The Kier molecular flexibility index (Phi) is 7.17. The van der Waals surface area contributed by atoms with Gasteiger partial charge in [-0.05, 0) is 79.6 Å².